The Bertz CT molecular complexity index is 427. The summed E-state index contributed by atoms with van der Waals surface area (Å²) in [6, 6.07) is 0. The quantitative estimate of drug-likeness (QED) is 0.648. The van der Waals surface area contributed by atoms with Crippen LogP contribution in [-0.4, -0.2) is 28.2 Å². The summed E-state index contributed by atoms with van der Waals surface area (Å²) in [4.78, 5) is 21.5. The largest absolute Gasteiger partial charge is 0.309 e. The van der Waals surface area contributed by atoms with Crippen LogP contribution in [-0.2, 0) is 4.79 Å². The predicted molar refractivity (Wildman–Crippen MR) is 66.1 cm³/mol. The molecule has 1 unspecified atom stereocenters. The summed E-state index contributed by atoms with van der Waals surface area (Å²) in [5.74, 6) is 1.13. The lowest BCUT2D eigenvalue weighted by atomic mass is 10.1. The second-order valence-corrected chi connectivity index (χ2v) is 4.57. The number of hydrogen-bond donors (Lipinski definition) is 1. The lowest BCUT2D eigenvalue weighted by Crippen LogP contribution is -2.26. The van der Waals surface area contributed by atoms with Gasteiger partial charge in [-0.1, -0.05) is 0 Å². The Morgan fingerprint density at radius 3 is 3.00 bits per heavy atom. The van der Waals surface area contributed by atoms with E-state index in [1.165, 1.54) is 0 Å². The molecule has 86 valence electrons. The molecule has 16 heavy (non-hydrogen) atoms. The molecule has 2 rings (SSSR count). The molecule has 0 spiro atoms. The molecule has 4 nitrogen and oxygen atoms in total. The molecule has 0 bridgehead atoms. The van der Waals surface area contributed by atoms with Gasteiger partial charge in [0.2, 0.25) is 11.2 Å². The number of amides is 1. The highest BCUT2D eigenvalue weighted by Gasteiger charge is 2.30. The van der Waals surface area contributed by atoms with Crippen molar-refractivity contribution in [2.75, 3.05) is 17.2 Å². The molecule has 1 fully saturated rings. The lowest BCUT2D eigenvalue weighted by molar-refractivity contribution is -0.117. The van der Waals surface area contributed by atoms with E-state index in [4.69, 9.17) is 11.6 Å². The van der Waals surface area contributed by atoms with E-state index in [0.29, 0.717) is 18.9 Å². The average Bonchev–Trinajstić information content (AvgIpc) is 2.60. The van der Waals surface area contributed by atoms with Crippen molar-refractivity contribution >= 4 is 35.8 Å². The number of halogens is 1. The van der Waals surface area contributed by atoms with Gasteiger partial charge < -0.3 is 4.90 Å². The highest BCUT2D eigenvalue weighted by atomic mass is 35.5. The van der Waals surface area contributed by atoms with Gasteiger partial charge in [-0.2, -0.15) is 12.6 Å². The van der Waals surface area contributed by atoms with Gasteiger partial charge in [-0.25, -0.2) is 9.97 Å². The van der Waals surface area contributed by atoms with Gasteiger partial charge in [0.15, 0.2) is 0 Å². The van der Waals surface area contributed by atoms with Gasteiger partial charge in [0.25, 0.3) is 0 Å². The molecule has 1 aliphatic rings. The molecule has 2 heterocycles. The smallest absolute Gasteiger partial charge is 0.227 e. The lowest BCUT2D eigenvalue weighted by Gasteiger charge is -2.17. The van der Waals surface area contributed by atoms with Crippen LogP contribution in [0.5, 0.6) is 0 Å². The molecule has 1 amide bonds. The summed E-state index contributed by atoms with van der Waals surface area (Å²) < 4.78 is 0. The van der Waals surface area contributed by atoms with Crippen molar-refractivity contribution < 1.29 is 4.79 Å². The van der Waals surface area contributed by atoms with E-state index < -0.39 is 0 Å². The zero-order valence-electron chi connectivity index (χ0n) is 8.85. The van der Waals surface area contributed by atoms with Crippen LogP contribution < -0.4 is 4.90 Å². The number of carbonyl (C=O) groups excluding carboxylic acids is 1. The van der Waals surface area contributed by atoms with Gasteiger partial charge in [-0.3, -0.25) is 4.79 Å². The zero-order valence-corrected chi connectivity index (χ0v) is 10.5. The number of aryl methyl sites for hydroxylation is 1. The molecular formula is C10H12ClN3OS. The minimum absolute atomic E-state index is 0.105. The third-order valence-corrected chi connectivity index (χ3v) is 3.38. The van der Waals surface area contributed by atoms with E-state index in [1.807, 2.05) is 6.92 Å². The van der Waals surface area contributed by atoms with Crippen LogP contribution >= 0.6 is 24.2 Å². The Balaban J connectivity index is 2.28. The third-order valence-electron chi connectivity index (χ3n) is 2.68. The van der Waals surface area contributed by atoms with Crippen LogP contribution in [0.3, 0.4) is 0 Å². The van der Waals surface area contributed by atoms with E-state index in [2.05, 4.69) is 22.6 Å². The minimum atomic E-state index is 0.105. The first-order valence-electron chi connectivity index (χ1n) is 5.02. The van der Waals surface area contributed by atoms with Gasteiger partial charge in [0.05, 0.1) is 17.6 Å². The van der Waals surface area contributed by atoms with Crippen LogP contribution in [0.25, 0.3) is 0 Å². The van der Waals surface area contributed by atoms with Crippen LogP contribution in [0.15, 0.2) is 6.20 Å². The number of rotatable bonds is 2. The van der Waals surface area contributed by atoms with E-state index in [0.717, 1.165) is 17.1 Å². The standard InChI is InChI=1S/C10H12ClN3OS/c1-6-8(3-12-10(11)13-6)14-4-7(5-16)2-9(14)15/h3,7,16H,2,4-5H2,1H3. The summed E-state index contributed by atoms with van der Waals surface area (Å²) in [6.07, 6.45) is 2.15. The first-order valence-corrected chi connectivity index (χ1v) is 6.03. The molecule has 1 aromatic heterocycles. The summed E-state index contributed by atoms with van der Waals surface area (Å²) in [5, 5.41) is 0.207. The van der Waals surface area contributed by atoms with E-state index in [9.17, 15) is 4.79 Å². The summed E-state index contributed by atoms with van der Waals surface area (Å²) >= 11 is 9.90. The van der Waals surface area contributed by atoms with Gasteiger partial charge in [-0.05, 0) is 30.2 Å². The van der Waals surface area contributed by atoms with Gasteiger partial charge >= 0.3 is 0 Å². The van der Waals surface area contributed by atoms with Crippen molar-refractivity contribution in [2.45, 2.75) is 13.3 Å². The second-order valence-electron chi connectivity index (χ2n) is 3.87. The number of nitrogens with zero attached hydrogens (tertiary/aromatic N) is 3. The Morgan fingerprint density at radius 2 is 2.44 bits per heavy atom. The maximum absolute atomic E-state index is 11.8. The van der Waals surface area contributed by atoms with E-state index in [1.54, 1.807) is 11.1 Å². The van der Waals surface area contributed by atoms with Crippen LogP contribution in [0.1, 0.15) is 12.1 Å². The second kappa shape index (κ2) is 4.59. The van der Waals surface area contributed by atoms with Gasteiger partial charge in [-0.15, -0.1) is 0 Å². The highest BCUT2D eigenvalue weighted by molar-refractivity contribution is 7.80. The van der Waals surface area contributed by atoms with E-state index >= 15 is 0 Å². The number of hydrogen-bond acceptors (Lipinski definition) is 4. The fourth-order valence-corrected chi connectivity index (χ4v) is 2.25. The normalized spacial score (nSPS) is 20.6. The number of carbonyl (C=O) groups is 1. The Kier molecular flexibility index (Phi) is 3.35. The Hall–Kier alpha value is -0.810. The van der Waals surface area contributed by atoms with Gasteiger partial charge in [0.1, 0.15) is 0 Å². The number of anilines is 1. The topological polar surface area (TPSA) is 46.1 Å². The molecule has 0 radical (unpaired) electrons. The fraction of sp³-hybridized carbons (Fsp3) is 0.500. The molecule has 1 aliphatic heterocycles. The van der Waals surface area contributed by atoms with Crippen molar-refractivity contribution in [3.8, 4) is 0 Å². The monoisotopic (exact) mass is 257 g/mol. The maximum Gasteiger partial charge on any atom is 0.227 e. The van der Waals surface area contributed by atoms with Crippen molar-refractivity contribution in [3.63, 3.8) is 0 Å². The highest BCUT2D eigenvalue weighted by Crippen LogP contribution is 2.27. The average molecular weight is 258 g/mol. The molecule has 1 aromatic rings. The van der Waals surface area contributed by atoms with Gasteiger partial charge in [0, 0.05) is 13.0 Å². The van der Waals surface area contributed by atoms with Crippen molar-refractivity contribution in [1.82, 2.24) is 9.97 Å². The van der Waals surface area contributed by atoms with Crippen molar-refractivity contribution in [3.05, 3.63) is 17.2 Å². The summed E-state index contributed by atoms with van der Waals surface area (Å²) in [6.45, 7) is 2.51. The van der Waals surface area contributed by atoms with Crippen LogP contribution in [0.4, 0.5) is 5.69 Å². The fourth-order valence-electron chi connectivity index (χ4n) is 1.83. The Morgan fingerprint density at radius 1 is 1.69 bits per heavy atom. The molecular weight excluding hydrogens is 246 g/mol. The predicted octanol–water partition coefficient (Wildman–Crippen LogP) is 1.72. The Labute approximate surface area is 104 Å². The molecule has 1 saturated heterocycles. The third kappa shape index (κ3) is 2.15. The minimum Gasteiger partial charge on any atom is -0.309 e. The molecule has 0 aliphatic carbocycles. The maximum atomic E-state index is 11.8. The zero-order chi connectivity index (χ0) is 11.7. The summed E-state index contributed by atoms with van der Waals surface area (Å²) in [5.41, 5.74) is 1.48. The van der Waals surface area contributed by atoms with Crippen molar-refractivity contribution in [2.24, 2.45) is 5.92 Å². The van der Waals surface area contributed by atoms with Crippen LogP contribution in [0.2, 0.25) is 5.28 Å². The molecule has 0 N–H and O–H groups in total. The molecule has 0 aromatic carbocycles. The van der Waals surface area contributed by atoms with E-state index in [-0.39, 0.29) is 11.2 Å². The SMILES string of the molecule is Cc1nc(Cl)ncc1N1CC(CS)CC1=O. The van der Waals surface area contributed by atoms with Crippen LogP contribution in [0, 0.1) is 12.8 Å². The first-order chi connectivity index (χ1) is 7.61. The number of aromatic nitrogens is 2. The molecule has 1 atom stereocenters. The number of thiol groups is 1. The van der Waals surface area contributed by atoms with Crippen molar-refractivity contribution in [1.29, 1.82) is 0 Å². The first kappa shape index (κ1) is 11.7. The summed E-state index contributed by atoms with van der Waals surface area (Å²) in [7, 11) is 0. The molecule has 0 saturated carbocycles. The molecule has 6 heteroatoms.